The highest BCUT2D eigenvalue weighted by molar-refractivity contribution is 6.46. The first kappa shape index (κ1) is 20.9. The van der Waals surface area contributed by atoms with Crippen LogP contribution in [0.5, 0.6) is 0 Å². The molecule has 3 aromatic carbocycles. The molecule has 4 rings (SSSR count). The molecule has 156 valence electrons. The predicted molar refractivity (Wildman–Crippen MR) is 126 cm³/mol. The van der Waals surface area contributed by atoms with Crippen molar-refractivity contribution < 1.29 is 9.59 Å². The van der Waals surface area contributed by atoms with Crippen molar-refractivity contribution in [3.8, 4) is 0 Å². The Morgan fingerprint density at radius 1 is 0.774 bits per heavy atom. The normalized spacial score (nSPS) is 13.9. The van der Waals surface area contributed by atoms with Gasteiger partial charge in [0, 0.05) is 10.7 Å². The largest absolute Gasteiger partial charge is 0.350 e. The Labute approximate surface area is 187 Å². The average Bonchev–Trinajstić information content (AvgIpc) is 2.93. The predicted octanol–water partition coefficient (Wildman–Crippen LogP) is 5.97. The Kier molecular flexibility index (Phi) is 5.42. The molecule has 2 amide bonds. The summed E-state index contributed by atoms with van der Waals surface area (Å²) >= 11 is 6.10. The van der Waals surface area contributed by atoms with E-state index in [2.05, 4.69) is 5.32 Å². The van der Waals surface area contributed by atoms with Crippen LogP contribution in [-0.4, -0.2) is 11.8 Å². The molecule has 0 atom stereocenters. The molecule has 1 N–H and O–H groups in total. The van der Waals surface area contributed by atoms with Gasteiger partial charge in [0.05, 0.1) is 11.3 Å². The van der Waals surface area contributed by atoms with Crippen molar-refractivity contribution in [1.82, 2.24) is 0 Å². The summed E-state index contributed by atoms with van der Waals surface area (Å²) in [7, 11) is 0. The van der Waals surface area contributed by atoms with Gasteiger partial charge in [-0.15, -0.1) is 0 Å². The molecule has 5 heteroatoms. The maximum absolute atomic E-state index is 13.6. The molecule has 0 saturated heterocycles. The van der Waals surface area contributed by atoms with E-state index >= 15 is 0 Å². The number of rotatable bonds is 4. The van der Waals surface area contributed by atoms with Gasteiger partial charge in [-0.05, 0) is 80.3 Å². The summed E-state index contributed by atoms with van der Waals surface area (Å²) in [4.78, 5) is 28.4. The van der Waals surface area contributed by atoms with Crippen LogP contribution in [0.15, 0.2) is 66.4 Å². The van der Waals surface area contributed by atoms with Crippen molar-refractivity contribution in [2.75, 3.05) is 10.2 Å². The first-order chi connectivity index (χ1) is 14.8. The minimum atomic E-state index is -0.382. The van der Waals surface area contributed by atoms with Crippen molar-refractivity contribution in [2.45, 2.75) is 27.7 Å². The summed E-state index contributed by atoms with van der Waals surface area (Å²) in [5, 5.41) is 3.78. The number of carbonyl (C=O) groups excluding carboxylic acids is 2. The summed E-state index contributed by atoms with van der Waals surface area (Å²) in [6, 6.07) is 18.7. The highest BCUT2D eigenvalue weighted by Crippen LogP contribution is 2.37. The van der Waals surface area contributed by atoms with Crippen LogP contribution < -0.4 is 10.2 Å². The Bertz CT molecular complexity index is 1260. The summed E-state index contributed by atoms with van der Waals surface area (Å²) in [6.45, 7) is 7.77. The quantitative estimate of drug-likeness (QED) is 0.518. The van der Waals surface area contributed by atoms with E-state index < -0.39 is 0 Å². The molecular formula is C26H23ClN2O2. The maximum atomic E-state index is 13.6. The van der Waals surface area contributed by atoms with E-state index in [0.29, 0.717) is 16.3 Å². The Hall–Kier alpha value is -3.37. The van der Waals surface area contributed by atoms with Crippen LogP contribution in [-0.2, 0) is 9.59 Å². The molecule has 0 aromatic heterocycles. The zero-order chi connectivity index (χ0) is 22.3. The molecule has 0 spiro atoms. The third-order valence-electron chi connectivity index (χ3n) is 5.42. The van der Waals surface area contributed by atoms with Crippen LogP contribution in [0.1, 0.15) is 27.8 Å². The topological polar surface area (TPSA) is 49.4 Å². The highest BCUT2D eigenvalue weighted by atomic mass is 35.5. The van der Waals surface area contributed by atoms with Crippen LogP contribution in [0.4, 0.5) is 11.4 Å². The van der Waals surface area contributed by atoms with E-state index in [1.807, 2.05) is 70.2 Å². The third-order valence-corrected chi connectivity index (χ3v) is 5.66. The standard InChI is InChI=1S/C26H23ClN2O2/c1-15-6-5-7-20(13-15)28-24-23(21-10-8-16(2)12-17(21)3)25(30)29(26(24)31)22-11-9-19(27)14-18(22)4/h5-14,28H,1-4H3. The fourth-order valence-corrected chi connectivity index (χ4v) is 4.17. The minimum Gasteiger partial charge on any atom is -0.350 e. The number of benzene rings is 3. The fraction of sp³-hybridized carbons (Fsp3) is 0.154. The number of hydrogen-bond donors (Lipinski definition) is 1. The summed E-state index contributed by atoms with van der Waals surface area (Å²) in [6.07, 6.45) is 0. The van der Waals surface area contributed by atoms with Gasteiger partial charge in [-0.1, -0.05) is 47.5 Å². The second-order valence-electron chi connectivity index (χ2n) is 7.94. The molecule has 4 nitrogen and oxygen atoms in total. The van der Waals surface area contributed by atoms with Crippen LogP contribution in [0, 0.1) is 27.7 Å². The Morgan fingerprint density at radius 2 is 1.52 bits per heavy atom. The van der Waals surface area contributed by atoms with Gasteiger partial charge in [-0.3, -0.25) is 9.59 Å². The molecule has 1 aliphatic rings. The maximum Gasteiger partial charge on any atom is 0.282 e. The van der Waals surface area contributed by atoms with Gasteiger partial charge in [0.25, 0.3) is 11.8 Å². The van der Waals surface area contributed by atoms with E-state index in [0.717, 1.165) is 33.5 Å². The van der Waals surface area contributed by atoms with Crippen molar-refractivity contribution in [3.63, 3.8) is 0 Å². The second kappa shape index (κ2) is 8.05. The molecule has 0 unspecified atom stereocenters. The second-order valence-corrected chi connectivity index (χ2v) is 8.38. The van der Waals surface area contributed by atoms with Gasteiger partial charge in [0.1, 0.15) is 5.70 Å². The zero-order valence-electron chi connectivity index (χ0n) is 17.9. The number of nitrogens with one attached hydrogen (secondary N) is 1. The summed E-state index contributed by atoms with van der Waals surface area (Å²) in [5.41, 5.74) is 6.53. The first-order valence-electron chi connectivity index (χ1n) is 10.1. The summed E-state index contributed by atoms with van der Waals surface area (Å²) < 4.78 is 0. The molecule has 0 saturated carbocycles. The molecule has 3 aromatic rings. The number of amides is 2. The molecule has 1 aliphatic heterocycles. The van der Waals surface area contributed by atoms with Gasteiger partial charge >= 0.3 is 0 Å². The number of halogens is 1. The molecule has 31 heavy (non-hydrogen) atoms. The van der Waals surface area contributed by atoms with E-state index in [-0.39, 0.29) is 17.5 Å². The van der Waals surface area contributed by atoms with Crippen LogP contribution >= 0.6 is 11.6 Å². The monoisotopic (exact) mass is 430 g/mol. The minimum absolute atomic E-state index is 0.275. The van der Waals surface area contributed by atoms with E-state index in [1.165, 1.54) is 4.90 Å². The van der Waals surface area contributed by atoms with Gasteiger partial charge < -0.3 is 5.32 Å². The fourth-order valence-electron chi connectivity index (χ4n) is 3.95. The Balaban J connectivity index is 1.88. The molecule has 0 fully saturated rings. The number of carbonyl (C=O) groups is 2. The van der Waals surface area contributed by atoms with E-state index in [1.54, 1.807) is 18.2 Å². The van der Waals surface area contributed by atoms with Crippen molar-refractivity contribution >= 4 is 40.4 Å². The lowest BCUT2D eigenvalue weighted by Gasteiger charge is -2.18. The van der Waals surface area contributed by atoms with E-state index in [4.69, 9.17) is 11.6 Å². The zero-order valence-corrected chi connectivity index (χ0v) is 18.7. The molecule has 1 heterocycles. The van der Waals surface area contributed by atoms with Gasteiger partial charge in [0.15, 0.2) is 0 Å². The average molecular weight is 431 g/mol. The van der Waals surface area contributed by atoms with Crippen LogP contribution in [0.2, 0.25) is 5.02 Å². The SMILES string of the molecule is Cc1cccc(NC2=C(c3ccc(C)cc3C)C(=O)N(c3ccc(Cl)cc3C)C2=O)c1. The summed E-state index contributed by atoms with van der Waals surface area (Å²) in [5.74, 6) is -0.732. The van der Waals surface area contributed by atoms with Gasteiger partial charge in [-0.2, -0.15) is 0 Å². The number of imide groups is 1. The van der Waals surface area contributed by atoms with E-state index in [9.17, 15) is 9.59 Å². The van der Waals surface area contributed by atoms with Crippen LogP contribution in [0.25, 0.3) is 5.57 Å². The first-order valence-corrected chi connectivity index (χ1v) is 10.4. The van der Waals surface area contributed by atoms with Crippen molar-refractivity contribution in [1.29, 1.82) is 0 Å². The lowest BCUT2D eigenvalue weighted by Crippen LogP contribution is -2.33. The number of anilines is 2. The number of hydrogen-bond acceptors (Lipinski definition) is 3. The smallest absolute Gasteiger partial charge is 0.282 e. The molecule has 0 bridgehead atoms. The highest BCUT2D eigenvalue weighted by Gasteiger charge is 2.41. The number of aryl methyl sites for hydroxylation is 4. The van der Waals surface area contributed by atoms with Gasteiger partial charge in [0.2, 0.25) is 0 Å². The molecular weight excluding hydrogens is 408 g/mol. The van der Waals surface area contributed by atoms with Gasteiger partial charge in [-0.25, -0.2) is 4.90 Å². The van der Waals surface area contributed by atoms with Crippen molar-refractivity contribution in [3.05, 3.63) is 99.2 Å². The number of nitrogens with zero attached hydrogens (tertiary/aromatic N) is 1. The Morgan fingerprint density at radius 3 is 2.19 bits per heavy atom. The van der Waals surface area contributed by atoms with Crippen molar-refractivity contribution in [2.24, 2.45) is 0 Å². The van der Waals surface area contributed by atoms with Crippen LogP contribution in [0.3, 0.4) is 0 Å². The molecule has 0 radical (unpaired) electrons. The molecule has 0 aliphatic carbocycles. The third kappa shape index (κ3) is 3.87. The lowest BCUT2D eigenvalue weighted by molar-refractivity contribution is -0.120. The lowest BCUT2D eigenvalue weighted by atomic mass is 9.97.